The molecule has 0 saturated carbocycles. The largest absolute Gasteiger partial charge is 0.399 e. The first-order chi connectivity index (χ1) is 6.49. The highest BCUT2D eigenvalue weighted by molar-refractivity contribution is 7.99. The second-order valence-corrected chi connectivity index (χ2v) is 5.41. The van der Waals surface area contributed by atoms with Crippen molar-refractivity contribution in [3.05, 3.63) is 17.3 Å². The van der Waals surface area contributed by atoms with E-state index in [2.05, 4.69) is 25.8 Å². The van der Waals surface area contributed by atoms with Crippen LogP contribution in [0.3, 0.4) is 0 Å². The third-order valence-electron chi connectivity index (χ3n) is 2.04. The van der Waals surface area contributed by atoms with Crippen molar-refractivity contribution in [2.45, 2.75) is 31.0 Å². The van der Waals surface area contributed by atoms with Crippen LogP contribution in [0.15, 0.2) is 17.2 Å². The standard InChI is InChI=1S/C10H15ClN2S/c1-6(2)7(3)14-10-5-8(12)4-9(11)13-10/h4-7H,1-3H3,(H2,12,13). The van der Waals surface area contributed by atoms with Crippen LogP contribution in [0, 0.1) is 5.92 Å². The number of aromatic nitrogens is 1. The van der Waals surface area contributed by atoms with E-state index in [1.165, 1.54) is 0 Å². The lowest BCUT2D eigenvalue weighted by atomic mass is 10.2. The fraction of sp³-hybridized carbons (Fsp3) is 0.500. The number of hydrogen-bond acceptors (Lipinski definition) is 3. The van der Waals surface area contributed by atoms with Gasteiger partial charge < -0.3 is 5.73 Å². The van der Waals surface area contributed by atoms with Gasteiger partial charge in [0.1, 0.15) is 10.2 Å². The van der Waals surface area contributed by atoms with Crippen molar-refractivity contribution < 1.29 is 0 Å². The van der Waals surface area contributed by atoms with Gasteiger partial charge in [-0.25, -0.2) is 4.98 Å². The predicted molar refractivity (Wildman–Crippen MR) is 63.8 cm³/mol. The van der Waals surface area contributed by atoms with Gasteiger partial charge in [0, 0.05) is 10.9 Å². The van der Waals surface area contributed by atoms with Gasteiger partial charge >= 0.3 is 0 Å². The Bertz CT molecular complexity index is 295. The fourth-order valence-corrected chi connectivity index (χ4v) is 2.15. The molecule has 0 amide bonds. The van der Waals surface area contributed by atoms with Crippen LogP contribution in [-0.2, 0) is 0 Å². The minimum absolute atomic E-state index is 0.462. The van der Waals surface area contributed by atoms with Crippen LogP contribution in [0.2, 0.25) is 5.15 Å². The first-order valence-corrected chi connectivity index (χ1v) is 5.84. The normalized spacial score (nSPS) is 13.2. The van der Waals surface area contributed by atoms with E-state index in [0.717, 1.165) is 5.03 Å². The molecular weight excluding hydrogens is 216 g/mol. The van der Waals surface area contributed by atoms with Gasteiger partial charge in [0.25, 0.3) is 0 Å². The van der Waals surface area contributed by atoms with Gasteiger partial charge in [0.2, 0.25) is 0 Å². The zero-order valence-corrected chi connectivity index (χ0v) is 10.2. The maximum absolute atomic E-state index is 5.81. The molecule has 78 valence electrons. The second-order valence-electron chi connectivity index (χ2n) is 3.63. The first-order valence-electron chi connectivity index (χ1n) is 4.58. The van der Waals surface area contributed by atoms with E-state index in [1.54, 1.807) is 17.8 Å². The maximum Gasteiger partial charge on any atom is 0.132 e. The molecule has 1 rings (SSSR count). The van der Waals surface area contributed by atoms with Gasteiger partial charge in [-0.1, -0.05) is 32.4 Å². The molecule has 4 heteroatoms. The lowest BCUT2D eigenvalue weighted by molar-refractivity contribution is 0.641. The van der Waals surface area contributed by atoms with Gasteiger partial charge in [-0.3, -0.25) is 0 Å². The number of thioether (sulfide) groups is 1. The highest BCUT2D eigenvalue weighted by Gasteiger charge is 2.10. The number of nitrogens with two attached hydrogens (primary N) is 1. The number of hydrogen-bond donors (Lipinski definition) is 1. The summed E-state index contributed by atoms with van der Waals surface area (Å²) in [7, 11) is 0. The topological polar surface area (TPSA) is 38.9 Å². The van der Waals surface area contributed by atoms with Gasteiger partial charge in [-0.15, -0.1) is 11.8 Å². The Kier molecular flexibility index (Phi) is 4.08. The zero-order valence-electron chi connectivity index (χ0n) is 8.62. The summed E-state index contributed by atoms with van der Waals surface area (Å²) in [5.41, 5.74) is 6.34. The number of nitrogens with zero attached hydrogens (tertiary/aromatic N) is 1. The molecule has 0 fully saturated rings. The van der Waals surface area contributed by atoms with E-state index < -0.39 is 0 Å². The maximum atomic E-state index is 5.81. The average molecular weight is 231 g/mol. The smallest absolute Gasteiger partial charge is 0.132 e. The monoisotopic (exact) mass is 230 g/mol. The highest BCUT2D eigenvalue weighted by atomic mass is 35.5. The zero-order chi connectivity index (χ0) is 10.7. The molecule has 0 aromatic carbocycles. The van der Waals surface area contributed by atoms with Gasteiger partial charge in [0.05, 0.1) is 0 Å². The van der Waals surface area contributed by atoms with Crippen LogP contribution < -0.4 is 5.73 Å². The lowest BCUT2D eigenvalue weighted by Crippen LogP contribution is -2.05. The van der Waals surface area contributed by atoms with Crippen LogP contribution in [0.25, 0.3) is 0 Å². The summed E-state index contributed by atoms with van der Waals surface area (Å²) in [6, 6.07) is 3.51. The molecule has 0 saturated heterocycles. The molecule has 1 unspecified atom stereocenters. The van der Waals surface area contributed by atoms with E-state index in [4.69, 9.17) is 17.3 Å². The molecule has 0 spiro atoms. The molecule has 0 bridgehead atoms. The van der Waals surface area contributed by atoms with Crippen molar-refractivity contribution in [2.24, 2.45) is 5.92 Å². The van der Waals surface area contributed by atoms with E-state index in [1.807, 2.05) is 6.07 Å². The quantitative estimate of drug-likeness (QED) is 0.639. The molecule has 0 aliphatic rings. The Balaban J connectivity index is 2.76. The van der Waals surface area contributed by atoms with E-state index in [0.29, 0.717) is 22.0 Å². The SMILES string of the molecule is CC(C)C(C)Sc1cc(N)cc(Cl)n1. The molecule has 1 aromatic rings. The summed E-state index contributed by atoms with van der Waals surface area (Å²) in [6.07, 6.45) is 0. The van der Waals surface area contributed by atoms with Gasteiger partial charge in [-0.2, -0.15) is 0 Å². The van der Waals surface area contributed by atoms with Crippen LogP contribution in [0.1, 0.15) is 20.8 Å². The Morgan fingerprint density at radius 3 is 2.50 bits per heavy atom. The van der Waals surface area contributed by atoms with Crippen molar-refractivity contribution in [1.29, 1.82) is 0 Å². The van der Waals surface area contributed by atoms with Gasteiger partial charge in [0.15, 0.2) is 0 Å². The summed E-state index contributed by atoms with van der Waals surface area (Å²) in [4.78, 5) is 4.20. The Labute approximate surface area is 94.2 Å². The minimum atomic E-state index is 0.462. The summed E-state index contributed by atoms with van der Waals surface area (Å²) >= 11 is 7.51. The molecule has 0 aliphatic carbocycles. The summed E-state index contributed by atoms with van der Waals surface area (Å²) in [5, 5.41) is 1.88. The molecule has 0 aliphatic heterocycles. The first kappa shape index (κ1) is 11.7. The van der Waals surface area contributed by atoms with Crippen LogP contribution in [0.4, 0.5) is 5.69 Å². The molecule has 0 radical (unpaired) electrons. The molecule has 14 heavy (non-hydrogen) atoms. The predicted octanol–water partition coefficient (Wildman–Crippen LogP) is 3.45. The molecule has 2 N–H and O–H groups in total. The Hall–Kier alpha value is -0.410. The number of pyridine rings is 1. The van der Waals surface area contributed by atoms with Crippen LogP contribution in [0.5, 0.6) is 0 Å². The summed E-state index contributed by atoms with van der Waals surface area (Å²) in [5.74, 6) is 0.613. The molecule has 1 atom stereocenters. The minimum Gasteiger partial charge on any atom is -0.399 e. The fourth-order valence-electron chi connectivity index (χ4n) is 0.879. The lowest BCUT2D eigenvalue weighted by Gasteiger charge is -2.14. The van der Waals surface area contributed by atoms with Crippen LogP contribution >= 0.6 is 23.4 Å². The third-order valence-corrected chi connectivity index (χ3v) is 3.60. The number of rotatable bonds is 3. The number of nitrogen functional groups attached to an aromatic ring is 1. The molecular formula is C10H15ClN2S. The van der Waals surface area contributed by atoms with Crippen molar-refractivity contribution in [1.82, 2.24) is 4.98 Å². The van der Waals surface area contributed by atoms with E-state index in [9.17, 15) is 0 Å². The van der Waals surface area contributed by atoms with Crippen LogP contribution in [-0.4, -0.2) is 10.2 Å². The molecule has 1 aromatic heterocycles. The van der Waals surface area contributed by atoms with Crippen molar-refractivity contribution in [2.75, 3.05) is 5.73 Å². The summed E-state index contributed by atoms with van der Waals surface area (Å²) in [6.45, 7) is 6.55. The number of anilines is 1. The Morgan fingerprint density at radius 2 is 2.00 bits per heavy atom. The van der Waals surface area contributed by atoms with E-state index >= 15 is 0 Å². The van der Waals surface area contributed by atoms with E-state index in [-0.39, 0.29) is 0 Å². The average Bonchev–Trinajstić information content (AvgIpc) is 2.01. The van der Waals surface area contributed by atoms with Crippen molar-refractivity contribution >= 4 is 29.1 Å². The Morgan fingerprint density at radius 1 is 1.36 bits per heavy atom. The third kappa shape index (κ3) is 3.39. The second kappa shape index (κ2) is 4.89. The number of halogens is 1. The van der Waals surface area contributed by atoms with Gasteiger partial charge in [-0.05, 0) is 18.1 Å². The van der Waals surface area contributed by atoms with Crippen molar-refractivity contribution in [3.8, 4) is 0 Å². The summed E-state index contributed by atoms with van der Waals surface area (Å²) < 4.78 is 0. The van der Waals surface area contributed by atoms with Crippen molar-refractivity contribution in [3.63, 3.8) is 0 Å². The molecule has 2 nitrogen and oxygen atoms in total. The molecule has 1 heterocycles. The highest BCUT2D eigenvalue weighted by Crippen LogP contribution is 2.28.